The van der Waals surface area contributed by atoms with E-state index in [0.29, 0.717) is 23.9 Å². The van der Waals surface area contributed by atoms with Crippen LogP contribution < -0.4 is 15.4 Å². The first-order valence-corrected chi connectivity index (χ1v) is 8.05. The van der Waals surface area contributed by atoms with Crippen LogP contribution in [0.3, 0.4) is 0 Å². The summed E-state index contributed by atoms with van der Waals surface area (Å²) in [6, 6.07) is 13.5. The van der Waals surface area contributed by atoms with Gasteiger partial charge in [-0.3, -0.25) is 4.79 Å². The van der Waals surface area contributed by atoms with Crippen molar-refractivity contribution in [2.75, 3.05) is 23.8 Å². The number of ether oxygens (including phenoxy) is 1. The quantitative estimate of drug-likeness (QED) is 0.758. The Bertz CT molecular complexity index is 674. The van der Waals surface area contributed by atoms with Crippen LogP contribution >= 0.6 is 0 Å². The number of hydrogen-bond acceptors (Lipinski definition) is 3. The van der Waals surface area contributed by atoms with E-state index < -0.39 is 0 Å². The van der Waals surface area contributed by atoms with Gasteiger partial charge in [0.2, 0.25) is 5.91 Å². The summed E-state index contributed by atoms with van der Waals surface area (Å²) in [7, 11) is 0. The molecular formula is C19H23FN2O2. The predicted molar refractivity (Wildman–Crippen MR) is 94.9 cm³/mol. The summed E-state index contributed by atoms with van der Waals surface area (Å²) in [6.45, 7) is 4.91. The van der Waals surface area contributed by atoms with Gasteiger partial charge in [0, 0.05) is 11.8 Å². The normalized spacial score (nSPS) is 10.5. The van der Waals surface area contributed by atoms with Gasteiger partial charge in [0.15, 0.2) is 0 Å². The molecule has 0 aliphatic heterocycles. The van der Waals surface area contributed by atoms with Crippen LogP contribution in [0.4, 0.5) is 15.8 Å². The number of rotatable bonds is 8. The fourth-order valence-electron chi connectivity index (χ4n) is 2.06. The van der Waals surface area contributed by atoms with Crippen LogP contribution in [-0.2, 0) is 4.79 Å². The van der Waals surface area contributed by atoms with Crippen molar-refractivity contribution in [3.63, 3.8) is 0 Å². The molecule has 0 aromatic heterocycles. The molecule has 0 fully saturated rings. The minimum Gasteiger partial charge on any atom is -0.494 e. The van der Waals surface area contributed by atoms with E-state index in [1.807, 2.05) is 12.1 Å². The molecule has 0 atom stereocenters. The van der Waals surface area contributed by atoms with Gasteiger partial charge in [0.05, 0.1) is 18.8 Å². The third-order valence-corrected chi connectivity index (χ3v) is 3.39. The Balaban J connectivity index is 1.84. The predicted octanol–water partition coefficient (Wildman–Crippen LogP) is 4.30. The van der Waals surface area contributed by atoms with Crippen molar-refractivity contribution in [3.8, 4) is 5.75 Å². The first kappa shape index (κ1) is 17.8. The molecule has 0 saturated heterocycles. The highest BCUT2D eigenvalue weighted by atomic mass is 19.1. The van der Waals surface area contributed by atoms with E-state index in [2.05, 4.69) is 24.5 Å². The molecule has 0 bridgehead atoms. The second-order valence-electron chi connectivity index (χ2n) is 5.94. The molecule has 0 saturated carbocycles. The number of anilines is 2. The smallest absolute Gasteiger partial charge is 0.243 e. The Morgan fingerprint density at radius 1 is 1.17 bits per heavy atom. The number of hydrogen-bond donors (Lipinski definition) is 2. The monoisotopic (exact) mass is 330 g/mol. The van der Waals surface area contributed by atoms with Gasteiger partial charge in [-0.1, -0.05) is 32.0 Å². The van der Waals surface area contributed by atoms with Gasteiger partial charge in [-0.25, -0.2) is 4.39 Å². The molecule has 128 valence electrons. The maximum atomic E-state index is 13.5. The molecular weight excluding hydrogens is 307 g/mol. The van der Waals surface area contributed by atoms with E-state index in [1.165, 1.54) is 6.07 Å². The topological polar surface area (TPSA) is 50.4 Å². The van der Waals surface area contributed by atoms with Crippen LogP contribution in [-0.4, -0.2) is 19.1 Å². The van der Waals surface area contributed by atoms with Crippen LogP contribution in [0, 0.1) is 11.7 Å². The fourth-order valence-corrected chi connectivity index (χ4v) is 2.06. The third kappa shape index (κ3) is 5.91. The molecule has 2 aromatic carbocycles. The third-order valence-electron chi connectivity index (χ3n) is 3.39. The lowest BCUT2D eigenvalue weighted by Gasteiger charge is -2.11. The highest BCUT2D eigenvalue weighted by Crippen LogP contribution is 2.18. The van der Waals surface area contributed by atoms with Gasteiger partial charge in [0.25, 0.3) is 0 Å². The van der Waals surface area contributed by atoms with Gasteiger partial charge < -0.3 is 15.4 Å². The Morgan fingerprint density at radius 2 is 1.96 bits per heavy atom. The highest BCUT2D eigenvalue weighted by Gasteiger charge is 2.06. The molecule has 2 aromatic rings. The molecule has 1 amide bonds. The van der Waals surface area contributed by atoms with Crippen molar-refractivity contribution in [1.82, 2.24) is 0 Å². The molecule has 2 N–H and O–H groups in total. The van der Waals surface area contributed by atoms with Crippen molar-refractivity contribution in [3.05, 3.63) is 54.3 Å². The first-order valence-electron chi connectivity index (χ1n) is 8.05. The van der Waals surface area contributed by atoms with E-state index in [1.54, 1.807) is 30.3 Å². The summed E-state index contributed by atoms with van der Waals surface area (Å²) in [6.07, 6.45) is 0.975. The lowest BCUT2D eigenvalue weighted by Crippen LogP contribution is -2.22. The van der Waals surface area contributed by atoms with Crippen LogP contribution in [0.25, 0.3) is 0 Å². The molecule has 24 heavy (non-hydrogen) atoms. The second kappa shape index (κ2) is 8.91. The minimum atomic E-state index is -0.383. The maximum Gasteiger partial charge on any atom is 0.243 e. The molecule has 0 unspecified atom stereocenters. The summed E-state index contributed by atoms with van der Waals surface area (Å²) in [5.74, 6) is 0.663. The number of benzene rings is 2. The summed E-state index contributed by atoms with van der Waals surface area (Å²) >= 11 is 0. The largest absolute Gasteiger partial charge is 0.494 e. The molecule has 0 spiro atoms. The summed E-state index contributed by atoms with van der Waals surface area (Å²) in [5, 5.41) is 5.54. The average molecular weight is 330 g/mol. The van der Waals surface area contributed by atoms with Crippen LogP contribution in [0.5, 0.6) is 5.75 Å². The second-order valence-corrected chi connectivity index (χ2v) is 5.94. The molecule has 0 aliphatic carbocycles. The van der Waals surface area contributed by atoms with E-state index in [9.17, 15) is 9.18 Å². The van der Waals surface area contributed by atoms with Crippen molar-refractivity contribution in [2.24, 2.45) is 5.92 Å². The number of carbonyl (C=O) groups excluding carboxylic acids is 1. The molecule has 5 heteroatoms. The van der Waals surface area contributed by atoms with E-state index in [4.69, 9.17) is 4.74 Å². The number of nitrogens with one attached hydrogen (secondary N) is 2. The Morgan fingerprint density at radius 3 is 2.71 bits per heavy atom. The van der Waals surface area contributed by atoms with Crippen molar-refractivity contribution < 1.29 is 13.9 Å². The Kier molecular flexibility index (Phi) is 6.61. The zero-order valence-corrected chi connectivity index (χ0v) is 14.0. The van der Waals surface area contributed by atoms with Gasteiger partial charge in [0.1, 0.15) is 11.6 Å². The molecule has 0 radical (unpaired) electrons. The summed E-state index contributed by atoms with van der Waals surface area (Å²) in [5.41, 5.74) is 0.954. The highest BCUT2D eigenvalue weighted by molar-refractivity contribution is 5.93. The van der Waals surface area contributed by atoms with Crippen molar-refractivity contribution in [1.29, 1.82) is 0 Å². The number of carbonyl (C=O) groups is 1. The zero-order valence-electron chi connectivity index (χ0n) is 14.0. The fraction of sp³-hybridized carbons (Fsp3) is 0.316. The van der Waals surface area contributed by atoms with Gasteiger partial charge in [-0.05, 0) is 36.6 Å². The van der Waals surface area contributed by atoms with E-state index in [-0.39, 0.29) is 18.3 Å². The van der Waals surface area contributed by atoms with Crippen molar-refractivity contribution >= 4 is 17.3 Å². The Labute approximate surface area is 142 Å². The van der Waals surface area contributed by atoms with E-state index >= 15 is 0 Å². The maximum absolute atomic E-state index is 13.5. The van der Waals surface area contributed by atoms with Crippen molar-refractivity contribution in [2.45, 2.75) is 20.3 Å². The minimum absolute atomic E-state index is 0.0145. The van der Waals surface area contributed by atoms with Crippen LogP contribution in [0.15, 0.2) is 48.5 Å². The summed E-state index contributed by atoms with van der Waals surface area (Å²) in [4.78, 5) is 12.0. The van der Waals surface area contributed by atoms with Crippen LogP contribution in [0.2, 0.25) is 0 Å². The van der Waals surface area contributed by atoms with E-state index in [0.717, 1.165) is 12.2 Å². The number of amides is 1. The lowest BCUT2D eigenvalue weighted by atomic mass is 10.1. The Hall–Kier alpha value is -2.56. The standard InChI is InChI=1S/C19H23FN2O2/c1-14(2)10-11-24-16-7-5-6-15(12-16)22-19(23)13-21-18-9-4-3-8-17(18)20/h3-9,12,14,21H,10-11,13H2,1-2H3,(H,22,23). The molecule has 0 heterocycles. The van der Waals surface area contributed by atoms with Gasteiger partial charge >= 0.3 is 0 Å². The lowest BCUT2D eigenvalue weighted by molar-refractivity contribution is -0.114. The zero-order chi connectivity index (χ0) is 17.4. The van der Waals surface area contributed by atoms with Gasteiger partial charge in [-0.15, -0.1) is 0 Å². The molecule has 2 rings (SSSR count). The number of para-hydroxylation sites is 1. The number of halogens is 1. The summed E-state index contributed by atoms with van der Waals surface area (Å²) < 4.78 is 19.2. The van der Waals surface area contributed by atoms with Crippen LogP contribution in [0.1, 0.15) is 20.3 Å². The SMILES string of the molecule is CC(C)CCOc1cccc(NC(=O)CNc2ccccc2F)c1. The average Bonchev–Trinajstić information content (AvgIpc) is 2.54. The molecule has 0 aliphatic rings. The molecule has 4 nitrogen and oxygen atoms in total. The first-order chi connectivity index (χ1) is 11.5. The van der Waals surface area contributed by atoms with Gasteiger partial charge in [-0.2, -0.15) is 0 Å².